The summed E-state index contributed by atoms with van der Waals surface area (Å²) >= 11 is 0. The van der Waals surface area contributed by atoms with E-state index in [1.807, 2.05) is 54.6 Å². The molecule has 2 N–H and O–H groups in total. The Morgan fingerprint density at radius 3 is 2.50 bits per heavy atom. The molecule has 4 amide bonds. The molecule has 1 heterocycles. The first kappa shape index (κ1) is 23.1. The van der Waals surface area contributed by atoms with Gasteiger partial charge in [-0.2, -0.15) is 0 Å². The minimum absolute atomic E-state index is 0.346. The summed E-state index contributed by atoms with van der Waals surface area (Å²) in [6, 6.07) is 18.3. The van der Waals surface area contributed by atoms with Gasteiger partial charge in [0.15, 0.2) is 11.5 Å². The van der Waals surface area contributed by atoms with Gasteiger partial charge in [0.2, 0.25) is 5.91 Å². The number of nitrogens with zero attached hydrogens (tertiary/aromatic N) is 1. The van der Waals surface area contributed by atoms with E-state index in [2.05, 4.69) is 10.6 Å². The molecule has 8 heteroatoms. The van der Waals surface area contributed by atoms with E-state index >= 15 is 0 Å². The second-order valence-corrected chi connectivity index (χ2v) is 8.26. The highest BCUT2D eigenvalue weighted by molar-refractivity contribution is 6.10. The Labute approximate surface area is 197 Å². The molecule has 0 bridgehead atoms. The van der Waals surface area contributed by atoms with Gasteiger partial charge in [0.05, 0.1) is 14.2 Å². The number of urea groups is 1. The van der Waals surface area contributed by atoms with Crippen molar-refractivity contribution in [3.8, 4) is 11.5 Å². The molecule has 34 heavy (non-hydrogen) atoms. The molecular weight excluding hydrogens is 434 g/mol. The average Bonchev–Trinajstić information content (AvgIpc) is 3.07. The molecule has 1 aliphatic rings. The molecule has 0 aromatic heterocycles. The maximum atomic E-state index is 13.3. The molecule has 0 unspecified atom stereocenters. The van der Waals surface area contributed by atoms with Crippen LogP contribution in [0.4, 0.5) is 4.79 Å². The smallest absolute Gasteiger partial charge is 0.325 e. The van der Waals surface area contributed by atoms with E-state index in [1.165, 1.54) is 0 Å². The molecule has 176 valence electrons. The summed E-state index contributed by atoms with van der Waals surface area (Å²) in [7, 11) is 3.13. The number of hydrogen-bond acceptors (Lipinski definition) is 5. The first-order chi connectivity index (χ1) is 16.4. The zero-order valence-corrected chi connectivity index (χ0v) is 19.4. The molecule has 0 aliphatic carbocycles. The van der Waals surface area contributed by atoms with Crippen LogP contribution in [0, 0.1) is 0 Å². The zero-order valence-electron chi connectivity index (χ0n) is 19.4. The number of nitrogens with one attached hydrogen (secondary N) is 2. The highest BCUT2D eigenvalue weighted by atomic mass is 16.5. The summed E-state index contributed by atoms with van der Waals surface area (Å²) in [5.41, 5.74) is 0.398. The van der Waals surface area contributed by atoms with Gasteiger partial charge in [-0.05, 0) is 47.4 Å². The van der Waals surface area contributed by atoms with Crippen molar-refractivity contribution < 1.29 is 23.9 Å². The summed E-state index contributed by atoms with van der Waals surface area (Å²) in [6.45, 7) is 1.67. The Kier molecular flexibility index (Phi) is 6.40. The zero-order chi connectivity index (χ0) is 24.3. The Bertz CT molecular complexity index is 1250. The van der Waals surface area contributed by atoms with Crippen LogP contribution in [0.1, 0.15) is 18.1 Å². The lowest BCUT2D eigenvalue weighted by atomic mass is 9.88. The molecule has 0 radical (unpaired) electrons. The van der Waals surface area contributed by atoms with Gasteiger partial charge in [-0.15, -0.1) is 0 Å². The van der Waals surface area contributed by atoms with E-state index in [9.17, 15) is 14.4 Å². The highest BCUT2D eigenvalue weighted by Crippen LogP contribution is 2.33. The number of imide groups is 1. The Hall–Kier alpha value is -4.07. The number of carbonyl (C=O) groups is 3. The predicted molar refractivity (Wildman–Crippen MR) is 128 cm³/mol. The first-order valence-electron chi connectivity index (χ1n) is 11.0. The standard InChI is InChI=1S/C26H27N3O5/c1-26(20-10-6-8-18-7-4-5-9-19(18)20)24(31)29(25(32)28-26)16-23(30)27-14-13-17-11-12-21(33-2)22(15-17)34-3/h4-12,15H,13-14,16H2,1-3H3,(H,27,30)(H,28,32)/t26-/m1/s1. The maximum Gasteiger partial charge on any atom is 0.325 e. The van der Waals surface area contributed by atoms with Crippen molar-refractivity contribution in [2.24, 2.45) is 0 Å². The monoisotopic (exact) mass is 461 g/mol. The minimum atomic E-state index is -1.25. The topological polar surface area (TPSA) is 97.0 Å². The number of carbonyl (C=O) groups excluding carboxylic acids is 3. The van der Waals surface area contributed by atoms with E-state index in [1.54, 1.807) is 27.2 Å². The molecule has 0 saturated carbocycles. The maximum absolute atomic E-state index is 13.3. The molecular formula is C26H27N3O5. The minimum Gasteiger partial charge on any atom is -0.493 e. The average molecular weight is 462 g/mol. The van der Waals surface area contributed by atoms with Gasteiger partial charge in [-0.25, -0.2) is 4.79 Å². The van der Waals surface area contributed by atoms with E-state index in [4.69, 9.17) is 9.47 Å². The number of ether oxygens (including phenoxy) is 2. The number of amides is 4. The third-order valence-electron chi connectivity index (χ3n) is 6.09. The number of hydrogen-bond donors (Lipinski definition) is 2. The van der Waals surface area contributed by atoms with Crippen molar-refractivity contribution in [3.05, 3.63) is 71.8 Å². The van der Waals surface area contributed by atoms with Crippen LogP contribution in [0.3, 0.4) is 0 Å². The van der Waals surface area contributed by atoms with Crippen molar-refractivity contribution in [2.75, 3.05) is 27.3 Å². The third kappa shape index (κ3) is 4.26. The first-order valence-corrected chi connectivity index (χ1v) is 11.0. The van der Waals surface area contributed by atoms with E-state index in [0.717, 1.165) is 21.2 Å². The van der Waals surface area contributed by atoms with Crippen LogP contribution < -0.4 is 20.1 Å². The van der Waals surface area contributed by atoms with Crippen molar-refractivity contribution in [2.45, 2.75) is 18.9 Å². The number of fused-ring (bicyclic) bond motifs is 1. The number of rotatable bonds is 8. The summed E-state index contributed by atoms with van der Waals surface area (Å²) in [6.07, 6.45) is 0.556. The van der Waals surface area contributed by atoms with Crippen LogP contribution in [0.5, 0.6) is 11.5 Å². The number of benzene rings is 3. The van der Waals surface area contributed by atoms with Crippen molar-refractivity contribution in [1.29, 1.82) is 0 Å². The molecule has 3 aromatic rings. The molecule has 3 aromatic carbocycles. The number of methoxy groups -OCH3 is 2. The van der Waals surface area contributed by atoms with Crippen LogP contribution in [-0.4, -0.2) is 50.1 Å². The van der Waals surface area contributed by atoms with Crippen molar-refractivity contribution >= 4 is 28.6 Å². The lowest BCUT2D eigenvalue weighted by molar-refractivity contribution is -0.134. The Balaban J connectivity index is 1.41. The molecule has 4 rings (SSSR count). The predicted octanol–water partition coefficient (Wildman–Crippen LogP) is 2.98. The van der Waals surface area contributed by atoms with Gasteiger partial charge < -0.3 is 20.1 Å². The summed E-state index contributed by atoms with van der Waals surface area (Å²) in [5, 5.41) is 7.40. The quantitative estimate of drug-likeness (QED) is 0.503. The van der Waals surface area contributed by atoms with Gasteiger partial charge in [0.1, 0.15) is 12.1 Å². The van der Waals surface area contributed by atoms with Crippen LogP contribution >= 0.6 is 0 Å². The molecule has 8 nitrogen and oxygen atoms in total. The molecule has 1 aliphatic heterocycles. The molecule has 0 spiro atoms. The lowest BCUT2D eigenvalue weighted by Crippen LogP contribution is -2.43. The highest BCUT2D eigenvalue weighted by Gasteiger charge is 2.50. The van der Waals surface area contributed by atoms with Gasteiger partial charge in [0.25, 0.3) is 5.91 Å². The van der Waals surface area contributed by atoms with Crippen LogP contribution in [0.15, 0.2) is 60.7 Å². The molecule has 1 fully saturated rings. The van der Waals surface area contributed by atoms with Crippen LogP contribution in [0.2, 0.25) is 0 Å². The second kappa shape index (κ2) is 9.43. The molecule has 1 atom stereocenters. The van der Waals surface area contributed by atoms with Crippen LogP contribution in [0.25, 0.3) is 10.8 Å². The van der Waals surface area contributed by atoms with Crippen LogP contribution in [-0.2, 0) is 21.5 Å². The normalized spacial score (nSPS) is 17.6. The third-order valence-corrected chi connectivity index (χ3v) is 6.09. The fourth-order valence-corrected chi connectivity index (χ4v) is 4.27. The van der Waals surface area contributed by atoms with E-state index in [0.29, 0.717) is 30.0 Å². The van der Waals surface area contributed by atoms with Crippen molar-refractivity contribution in [1.82, 2.24) is 15.5 Å². The Morgan fingerprint density at radius 1 is 1.00 bits per heavy atom. The summed E-state index contributed by atoms with van der Waals surface area (Å²) < 4.78 is 10.5. The lowest BCUT2D eigenvalue weighted by Gasteiger charge is -2.24. The van der Waals surface area contributed by atoms with Gasteiger partial charge in [0, 0.05) is 6.54 Å². The summed E-state index contributed by atoms with van der Waals surface area (Å²) in [5.74, 6) is 0.372. The van der Waals surface area contributed by atoms with E-state index < -0.39 is 23.4 Å². The molecule has 1 saturated heterocycles. The second-order valence-electron chi connectivity index (χ2n) is 8.26. The Morgan fingerprint density at radius 2 is 1.74 bits per heavy atom. The van der Waals surface area contributed by atoms with E-state index in [-0.39, 0.29) is 6.54 Å². The van der Waals surface area contributed by atoms with Gasteiger partial charge in [-0.1, -0.05) is 48.5 Å². The van der Waals surface area contributed by atoms with Gasteiger partial charge >= 0.3 is 6.03 Å². The van der Waals surface area contributed by atoms with Gasteiger partial charge in [-0.3, -0.25) is 14.5 Å². The van der Waals surface area contributed by atoms with Crippen molar-refractivity contribution in [3.63, 3.8) is 0 Å². The fraction of sp³-hybridized carbons (Fsp3) is 0.269. The SMILES string of the molecule is COc1ccc(CCNC(=O)CN2C(=O)N[C@](C)(c3cccc4ccccc34)C2=O)cc1OC. The largest absolute Gasteiger partial charge is 0.493 e. The summed E-state index contributed by atoms with van der Waals surface area (Å²) in [4.78, 5) is 39.4. The fourth-order valence-electron chi connectivity index (χ4n) is 4.27.